The van der Waals surface area contributed by atoms with Gasteiger partial charge in [-0.1, -0.05) is 22.0 Å². The maximum Gasteiger partial charge on any atom is 0.140 e. The van der Waals surface area contributed by atoms with E-state index in [1.54, 1.807) is 19.1 Å². The highest BCUT2D eigenvalue weighted by Crippen LogP contribution is 2.53. The zero-order valence-electron chi connectivity index (χ0n) is 7.88. The van der Waals surface area contributed by atoms with E-state index < -0.39 is 5.41 Å². The molecule has 1 fully saturated rings. The molecule has 0 atom stereocenters. The van der Waals surface area contributed by atoms with Crippen molar-refractivity contribution in [2.75, 3.05) is 0 Å². The molecule has 1 aromatic rings. The summed E-state index contributed by atoms with van der Waals surface area (Å²) in [4.78, 5) is 11.5. The Hall–Kier alpha value is -0.830. The monoisotopic (exact) mass is 254 g/mol. The van der Waals surface area contributed by atoms with Gasteiger partial charge in [0, 0.05) is 10.0 Å². The summed E-state index contributed by atoms with van der Waals surface area (Å²) in [7, 11) is 0. The minimum atomic E-state index is -0.413. The van der Waals surface area contributed by atoms with E-state index >= 15 is 0 Å². The fourth-order valence-corrected chi connectivity index (χ4v) is 2.62. The van der Waals surface area contributed by atoms with Crippen LogP contribution in [0.1, 0.15) is 25.3 Å². The van der Waals surface area contributed by atoms with Crippen molar-refractivity contribution in [2.24, 2.45) is 0 Å². The average Bonchev–Trinajstić information content (AvgIpc) is 2.85. The van der Waals surface area contributed by atoms with E-state index in [1.165, 1.54) is 0 Å². The molecule has 0 bridgehead atoms. The van der Waals surface area contributed by atoms with Crippen LogP contribution >= 0.6 is 15.9 Å². The molecule has 14 heavy (non-hydrogen) atoms. The van der Waals surface area contributed by atoms with Gasteiger partial charge in [-0.25, -0.2) is 0 Å². The molecule has 1 aliphatic carbocycles. The van der Waals surface area contributed by atoms with Crippen molar-refractivity contribution in [3.05, 3.63) is 28.2 Å². The maximum atomic E-state index is 11.5. The van der Waals surface area contributed by atoms with Gasteiger partial charge < -0.3 is 5.11 Å². The van der Waals surface area contributed by atoms with Crippen molar-refractivity contribution in [3.63, 3.8) is 0 Å². The molecule has 2 rings (SSSR count). The summed E-state index contributed by atoms with van der Waals surface area (Å²) < 4.78 is 0.824. The lowest BCUT2D eigenvalue weighted by atomic mass is 9.91. The number of carbonyl (C=O) groups is 1. The minimum absolute atomic E-state index is 0.139. The Bertz CT molecular complexity index is 374. The van der Waals surface area contributed by atoms with E-state index in [0.29, 0.717) is 0 Å². The number of aromatic hydroxyl groups is 1. The molecular weight excluding hydrogens is 244 g/mol. The Morgan fingerprint density at radius 3 is 2.57 bits per heavy atom. The van der Waals surface area contributed by atoms with Gasteiger partial charge in [-0.05, 0) is 31.9 Å². The SMILES string of the molecule is CC(=O)C1(c2c(O)cccc2Br)CC1. The predicted molar refractivity (Wildman–Crippen MR) is 57.4 cm³/mol. The van der Waals surface area contributed by atoms with E-state index in [-0.39, 0.29) is 11.5 Å². The summed E-state index contributed by atoms with van der Waals surface area (Å²) in [5.41, 5.74) is 0.344. The summed E-state index contributed by atoms with van der Waals surface area (Å²) in [5.74, 6) is 0.353. The van der Waals surface area contributed by atoms with E-state index in [4.69, 9.17) is 0 Å². The number of hydrogen-bond acceptors (Lipinski definition) is 2. The molecular formula is C11H11BrO2. The van der Waals surface area contributed by atoms with Crippen LogP contribution in [0.4, 0.5) is 0 Å². The topological polar surface area (TPSA) is 37.3 Å². The molecule has 1 aromatic carbocycles. The van der Waals surface area contributed by atoms with Crippen LogP contribution in [0.15, 0.2) is 22.7 Å². The van der Waals surface area contributed by atoms with Crippen LogP contribution in [-0.2, 0) is 10.2 Å². The molecule has 0 saturated heterocycles. The molecule has 3 heteroatoms. The molecule has 0 radical (unpaired) electrons. The number of halogens is 1. The summed E-state index contributed by atoms with van der Waals surface area (Å²) in [6.45, 7) is 1.59. The lowest BCUT2D eigenvalue weighted by Gasteiger charge is -2.15. The van der Waals surface area contributed by atoms with Gasteiger partial charge >= 0.3 is 0 Å². The molecule has 0 aromatic heterocycles. The fraction of sp³-hybridized carbons (Fsp3) is 0.364. The van der Waals surface area contributed by atoms with E-state index in [2.05, 4.69) is 15.9 Å². The first-order chi connectivity index (χ1) is 6.58. The van der Waals surface area contributed by atoms with Crippen molar-refractivity contribution >= 4 is 21.7 Å². The summed E-state index contributed by atoms with van der Waals surface area (Å²) >= 11 is 3.38. The Kier molecular flexibility index (Phi) is 2.14. The highest BCUT2D eigenvalue weighted by atomic mass is 79.9. The largest absolute Gasteiger partial charge is 0.508 e. The number of carbonyl (C=O) groups excluding carboxylic acids is 1. The lowest BCUT2D eigenvalue weighted by Crippen LogP contribution is -2.17. The molecule has 1 N–H and O–H groups in total. The summed E-state index contributed by atoms with van der Waals surface area (Å²) in [6.07, 6.45) is 1.69. The highest BCUT2D eigenvalue weighted by molar-refractivity contribution is 9.10. The molecule has 2 nitrogen and oxygen atoms in total. The van der Waals surface area contributed by atoms with Gasteiger partial charge in [0.25, 0.3) is 0 Å². The molecule has 0 unspecified atom stereocenters. The average molecular weight is 255 g/mol. The number of benzene rings is 1. The van der Waals surface area contributed by atoms with Crippen molar-refractivity contribution in [1.82, 2.24) is 0 Å². The zero-order chi connectivity index (χ0) is 10.3. The molecule has 0 aliphatic heterocycles. The quantitative estimate of drug-likeness (QED) is 0.882. The summed E-state index contributed by atoms with van der Waals surface area (Å²) in [6, 6.07) is 5.25. The Morgan fingerprint density at radius 2 is 2.14 bits per heavy atom. The first kappa shape index (κ1) is 9.71. The van der Waals surface area contributed by atoms with Crippen molar-refractivity contribution in [3.8, 4) is 5.75 Å². The Balaban J connectivity index is 2.56. The second-order valence-corrected chi connectivity index (χ2v) is 4.63. The van der Waals surface area contributed by atoms with Crippen LogP contribution in [0.25, 0.3) is 0 Å². The molecule has 0 heterocycles. The third-order valence-electron chi connectivity index (χ3n) is 2.89. The number of hydrogen-bond donors (Lipinski definition) is 1. The van der Waals surface area contributed by atoms with Crippen LogP contribution < -0.4 is 0 Å². The Labute approximate surface area is 91.1 Å². The van der Waals surface area contributed by atoms with Crippen molar-refractivity contribution < 1.29 is 9.90 Å². The third-order valence-corrected chi connectivity index (χ3v) is 3.55. The van der Waals surface area contributed by atoms with Crippen LogP contribution in [0.3, 0.4) is 0 Å². The van der Waals surface area contributed by atoms with E-state index in [0.717, 1.165) is 22.9 Å². The summed E-state index contributed by atoms with van der Waals surface area (Å²) in [5, 5.41) is 9.73. The second-order valence-electron chi connectivity index (χ2n) is 3.77. The number of rotatable bonds is 2. The van der Waals surface area contributed by atoms with Gasteiger partial charge in [-0.15, -0.1) is 0 Å². The van der Waals surface area contributed by atoms with Gasteiger partial charge in [0.1, 0.15) is 11.5 Å². The van der Waals surface area contributed by atoms with Gasteiger partial charge in [0.2, 0.25) is 0 Å². The van der Waals surface area contributed by atoms with Crippen LogP contribution in [0, 0.1) is 0 Å². The van der Waals surface area contributed by atoms with Crippen LogP contribution in [0.2, 0.25) is 0 Å². The number of ketones is 1. The maximum absolute atomic E-state index is 11.5. The van der Waals surface area contributed by atoms with Crippen LogP contribution in [-0.4, -0.2) is 10.9 Å². The van der Waals surface area contributed by atoms with E-state index in [1.807, 2.05) is 6.07 Å². The number of phenols is 1. The van der Waals surface area contributed by atoms with Gasteiger partial charge in [0.05, 0.1) is 5.41 Å². The first-order valence-corrected chi connectivity index (χ1v) is 5.36. The smallest absolute Gasteiger partial charge is 0.140 e. The Morgan fingerprint density at radius 1 is 1.50 bits per heavy atom. The molecule has 0 spiro atoms. The van der Waals surface area contributed by atoms with Gasteiger partial charge in [-0.2, -0.15) is 0 Å². The number of Topliss-reactive ketones (excluding diaryl/α,β-unsaturated/α-hetero) is 1. The minimum Gasteiger partial charge on any atom is -0.508 e. The molecule has 74 valence electrons. The predicted octanol–water partition coefficient (Wildman–Crippen LogP) is 2.78. The third kappa shape index (κ3) is 1.27. The van der Waals surface area contributed by atoms with E-state index in [9.17, 15) is 9.90 Å². The normalized spacial score (nSPS) is 17.9. The standard InChI is InChI=1S/C11H11BrO2/c1-7(13)11(5-6-11)10-8(12)3-2-4-9(10)14/h2-4,14H,5-6H2,1H3. The molecule has 0 amide bonds. The van der Waals surface area contributed by atoms with Crippen LogP contribution in [0.5, 0.6) is 5.75 Å². The van der Waals surface area contributed by atoms with Gasteiger partial charge in [-0.3, -0.25) is 4.79 Å². The first-order valence-electron chi connectivity index (χ1n) is 4.57. The highest BCUT2D eigenvalue weighted by Gasteiger charge is 2.51. The fourth-order valence-electron chi connectivity index (χ4n) is 1.89. The van der Waals surface area contributed by atoms with Crippen molar-refractivity contribution in [1.29, 1.82) is 0 Å². The zero-order valence-corrected chi connectivity index (χ0v) is 9.47. The second kappa shape index (κ2) is 3.09. The molecule has 1 saturated carbocycles. The number of phenolic OH excluding ortho intramolecular Hbond substituents is 1. The molecule has 1 aliphatic rings. The van der Waals surface area contributed by atoms with Gasteiger partial charge in [0.15, 0.2) is 0 Å². The lowest BCUT2D eigenvalue weighted by molar-refractivity contribution is -0.119. The van der Waals surface area contributed by atoms with Crippen molar-refractivity contribution in [2.45, 2.75) is 25.2 Å².